The summed E-state index contributed by atoms with van der Waals surface area (Å²) in [6.07, 6.45) is 0.381. The zero-order valence-electron chi connectivity index (χ0n) is 15.5. The van der Waals surface area contributed by atoms with Gasteiger partial charge in [-0.05, 0) is 17.7 Å². The van der Waals surface area contributed by atoms with E-state index >= 15 is 0 Å². The van der Waals surface area contributed by atoms with Crippen molar-refractivity contribution in [2.24, 2.45) is 0 Å². The summed E-state index contributed by atoms with van der Waals surface area (Å²) in [5, 5.41) is 2.73. The Morgan fingerprint density at radius 3 is 2.55 bits per heavy atom. The maximum absolute atomic E-state index is 14.0. The highest BCUT2D eigenvalue weighted by Gasteiger charge is 2.44. The molecule has 0 aromatic heterocycles. The molecule has 3 amide bonds. The number of nitrogens with one attached hydrogen (secondary N) is 1. The predicted octanol–water partition coefficient (Wildman–Crippen LogP) is 1.36. The van der Waals surface area contributed by atoms with Crippen LogP contribution in [0.15, 0.2) is 48.5 Å². The van der Waals surface area contributed by atoms with Gasteiger partial charge in [0.2, 0.25) is 11.8 Å². The van der Waals surface area contributed by atoms with Crippen molar-refractivity contribution in [2.75, 3.05) is 19.6 Å². The molecule has 2 fully saturated rings. The fraction of sp³-hybridized carbons (Fsp3) is 0.286. The van der Waals surface area contributed by atoms with Crippen molar-refractivity contribution >= 4 is 17.7 Å². The molecule has 0 unspecified atom stereocenters. The lowest BCUT2D eigenvalue weighted by Crippen LogP contribution is -2.70. The van der Waals surface area contributed by atoms with Crippen LogP contribution in [0.1, 0.15) is 15.9 Å². The van der Waals surface area contributed by atoms with Gasteiger partial charge in [0, 0.05) is 19.5 Å². The number of hydrogen-bond donors (Lipinski definition) is 1. The van der Waals surface area contributed by atoms with Gasteiger partial charge in [-0.15, -0.1) is 0 Å². The molecule has 2 aromatic carbocycles. The van der Waals surface area contributed by atoms with Crippen molar-refractivity contribution in [3.05, 3.63) is 71.3 Å². The minimum atomic E-state index is -1.22. The van der Waals surface area contributed by atoms with Crippen LogP contribution in [0.25, 0.3) is 0 Å². The van der Waals surface area contributed by atoms with Crippen LogP contribution in [0.5, 0.6) is 0 Å². The number of piperazine rings is 2. The van der Waals surface area contributed by atoms with Crippen LogP contribution in [0.4, 0.5) is 8.78 Å². The van der Waals surface area contributed by atoms with Crippen LogP contribution in [0.3, 0.4) is 0 Å². The number of amides is 3. The van der Waals surface area contributed by atoms with Crippen LogP contribution in [0.2, 0.25) is 0 Å². The molecule has 2 saturated heterocycles. The molecule has 4 rings (SSSR count). The first-order valence-electron chi connectivity index (χ1n) is 9.34. The van der Waals surface area contributed by atoms with Gasteiger partial charge in [-0.3, -0.25) is 14.4 Å². The Balaban J connectivity index is 1.48. The Labute approximate surface area is 166 Å². The number of fused-ring (bicyclic) bond motifs is 1. The maximum Gasteiger partial charge on any atom is 0.257 e. The summed E-state index contributed by atoms with van der Waals surface area (Å²) in [4.78, 5) is 40.9. The Bertz CT molecular complexity index is 967. The minimum Gasteiger partial charge on any atom is -0.342 e. The van der Waals surface area contributed by atoms with Crippen LogP contribution < -0.4 is 5.32 Å². The Hall–Kier alpha value is -3.29. The molecule has 2 heterocycles. The monoisotopic (exact) mass is 399 g/mol. The Morgan fingerprint density at radius 1 is 1.03 bits per heavy atom. The molecule has 29 heavy (non-hydrogen) atoms. The molecule has 0 aliphatic carbocycles. The van der Waals surface area contributed by atoms with Crippen molar-refractivity contribution in [3.63, 3.8) is 0 Å². The van der Waals surface area contributed by atoms with Gasteiger partial charge >= 0.3 is 0 Å². The van der Waals surface area contributed by atoms with Gasteiger partial charge in [0.05, 0.1) is 12.1 Å². The normalized spacial score (nSPS) is 21.6. The van der Waals surface area contributed by atoms with Crippen LogP contribution in [0, 0.1) is 11.6 Å². The van der Waals surface area contributed by atoms with E-state index in [1.165, 1.54) is 21.9 Å². The summed E-state index contributed by atoms with van der Waals surface area (Å²) >= 11 is 0. The molecular weight excluding hydrogens is 380 g/mol. The molecule has 2 aliphatic rings. The van der Waals surface area contributed by atoms with E-state index in [0.29, 0.717) is 6.42 Å². The summed E-state index contributed by atoms with van der Waals surface area (Å²) in [6.45, 7) is 0.234. The van der Waals surface area contributed by atoms with Gasteiger partial charge in [0.15, 0.2) is 11.6 Å². The molecule has 1 N–H and O–H groups in total. The SMILES string of the molecule is O=C1N[C@H](Cc2ccccc2)C(=O)N2CCN(C(=O)c3cccc(F)c3F)C[C@H]12. The zero-order chi connectivity index (χ0) is 20.5. The standard InChI is InChI=1S/C21H19F2N3O3/c22-15-8-4-7-14(18(15)23)20(28)25-9-10-26-17(12-25)19(27)24-16(21(26)29)11-13-5-2-1-3-6-13/h1-8,16-17H,9-12H2,(H,24,27)/t16-,17-/m1/s1. The Kier molecular flexibility index (Phi) is 5.00. The topological polar surface area (TPSA) is 69.7 Å². The quantitative estimate of drug-likeness (QED) is 0.848. The first-order valence-corrected chi connectivity index (χ1v) is 9.34. The lowest BCUT2D eigenvalue weighted by molar-refractivity contribution is -0.152. The van der Waals surface area contributed by atoms with Crippen molar-refractivity contribution < 1.29 is 23.2 Å². The summed E-state index contributed by atoms with van der Waals surface area (Å²) in [5.74, 6) is -3.59. The molecule has 2 atom stereocenters. The van der Waals surface area contributed by atoms with E-state index in [1.807, 2.05) is 30.3 Å². The molecule has 0 radical (unpaired) electrons. The third kappa shape index (κ3) is 3.57. The molecular formula is C21H19F2N3O3. The summed E-state index contributed by atoms with van der Waals surface area (Å²) in [5.41, 5.74) is 0.544. The van der Waals surface area contributed by atoms with Gasteiger partial charge in [-0.25, -0.2) is 8.78 Å². The molecule has 0 spiro atoms. The number of rotatable bonds is 3. The third-order valence-electron chi connectivity index (χ3n) is 5.33. The highest BCUT2D eigenvalue weighted by molar-refractivity contribution is 5.99. The van der Waals surface area contributed by atoms with Crippen LogP contribution in [-0.4, -0.2) is 59.2 Å². The second-order valence-corrected chi connectivity index (χ2v) is 7.15. The number of benzene rings is 2. The molecule has 8 heteroatoms. The molecule has 150 valence electrons. The molecule has 0 bridgehead atoms. The van der Waals surface area contributed by atoms with E-state index in [0.717, 1.165) is 11.6 Å². The number of carbonyl (C=O) groups excluding carboxylic acids is 3. The predicted molar refractivity (Wildman–Crippen MR) is 99.8 cm³/mol. The van der Waals surface area contributed by atoms with Crippen molar-refractivity contribution in [1.82, 2.24) is 15.1 Å². The molecule has 0 saturated carbocycles. The smallest absolute Gasteiger partial charge is 0.257 e. The molecule has 2 aliphatic heterocycles. The van der Waals surface area contributed by atoms with E-state index in [9.17, 15) is 23.2 Å². The van der Waals surface area contributed by atoms with E-state index < -0.39 is 29.6 Å². The van der Waals surface area contributed by atoms with Gasteiger partial charge < -0.3 is 15.1 Å². The summed E-state index contributed by atoms with van der Waals surface area (Å²) in [7, 11) is 0. The van der Waals surface area contributed by atoms with Crippen LogP contribution >= 0.6 is 0 Å². The second-order valence-electron chi connectivity index (χ2n) is 7.15. The number of hydrogen-bond acceptors (Lipinski definition) is 3. The zero-order valence-corrected chi connectivity index (χ0v) is 15.5. The third-order valence-corrected chi connectivity index (χ3v) is 5.33. The van der Waals surface area contributed by atoms with Crippen molar-refractivity contribution in [3.8, 4) is 0 Å². The first-order chi connectivity index (χ1) is 14.0. The summed E-state index contributed by atoms with van der Waals surface area (Å²) in [6, 6.07) is 11.3. The van der Waals surface area contributed by atoms with Gasteiger partial charge in [-0.1, -0.05) is 36.4 Å². The minimum absolute atomic E-state index is 0.0651. The lowest BCUT2D eigenvalue weighted by Gasteiger charge is -2.45. The van der Waals surface area contributed by atoms with Gasteiger partial charge in [0.25, 0.3) is 5.91 Å². The average molecular weight is 399 g/mol. The van der Waals surface area contributed by atoms with Crippen molar-refractivity contribution in [1.29, 1.82) is 0 Å². The summed E-state index contributed by atoms with van der Waals surface area (Å²) < 4.78 is 27.4. The van der Waals surface area contributed by atoms with Crippen molar-refractivity contribution in [2.45, 2.75) is 18.5 Å². The van der Waals surface area contributed by atoms with E-state index in [1.54, 1.807) is 0 Å². The van der Waals surface area contributed by atoms with E-state index in [-0.39, 0.29) is 37.0 Å². The fourth-order valence-electron chi connectivity index (χ4n) is 3.81. The number of halogens is 2. The van der Waals surface area contributed by atoms with Gasteiger partial charge in [-0.2, -0.15) is 0 Å². The Morgan fingerprint density at radius 2 is 1.79 bits per heavy atom. The average Bonchev–Trinajstić information content (AvgIpc) is 2.74. The molecule has 6 nitrogen and oxygen atoms in total. The largest absolute Gasteiger partial charge is 0.342 e. The highest BCUT2D eigenvalue weighted by Crippen LogP contribution is 2.21. The lowest BCUT2D eigenvalue weighted by atomic mass is 9.98. The van der Waals surface area contributed by atoms with Gasteiger partial charge in [0.1, 0.15) is 12.1 Å². The van der Waals surface area contributed by atoms with E-state index in [2.05, 4.69) is 5.32 Å². The number of nitrogens with zero attached hydrogens (tertiary/aromatic N) is 2. The highest BCUT2D eigenvalue weighted by atomic mass is 19.2. The van der Waals surface area contributed by atoms with Crippen LogP contribution in [-0.2, 0) is 16.0 Å². The number of carbonyl (C=O) groups is 3. The molecule has 2 aromatic rings. The van der Waals surface area contributed by atoms with E-state index in [4.69, 9.17) is 0 Å². The first kappa shape index (κ1) is 19.0. The maximum atomic E-state index is 14.0. The second kappa shape index (κ2) is 7.62. The fourth-order valence-corrected chi connectivity index (χ4v) is 3.81.